The van der Waals surface area contributed by atoms with Crippen LogP contribution in [0.15, 0.2) is 15.7 Å². The summed E-state index contributed by atoms with van der Waals surface area (Å²) in [5.41, 5.74) is 5.16. The average molecular weight is 305 g/mol. The lowest BCUT2D eigenvalue weighted by atomic mass is 9.94. The quantitative estimate of drug-likeness (QED) is 0.866. The first kappa shape index (κ1) is 15.3. The summed E-state index contributed by atoms with van der Waals surface area (Å²) in [5.74, 6) is -2.55. The zero-order valence-electron chi connectivity index (χ0n) is 10.9. The maximum atomic E-state index is 12.8. The van der Waals surface area contributed by atoms with Crippen LogP contribution in [0.5, 0.6) is 0 Å². The summed E-state index contributed by atoms with van der Waals surface area (Å²) < 4.78 is 43.3. The summed E-state index contributed by atoms with van der Waals surface area (Å²) in [6.07, 6.45) is -2.79. The first-order chi connectivity index (χ1) is 9.77. The van der Waals surface area contributed by atoms with Gasteiger partial charge in [-0.2, -0.15) is 13.2 Å². The van der Waals surface area contributed by atoms with E-state index < -0.39 is 24.1 Å². The number of aryl methyl sites for hydroxylation is 1. The van der Waals surface area contributed by atoms with Gasteiger partial charge in [0.25, 0.3) is 0 Å². The van der Waals surface area contributed by atoms with Gasteiger partial charge in [0, 0.05) is 12.8 Å². The first-order valence-corrected chi connectivity index (χ1v) is 6.34. The van der Waals surface area contributed by atoms with E-state index in [0.29, 0.717) is 6.42 Å². The van der Waals surface area contributed by atoms with Crippen molar-refractivity contribution in [3.05, 3.63) is 17.8 Å². The van der Waals surface area contributed by atoms with Gasteiger partial charge in [-0.05, 0) is 12.8 Å². The molecule has 0 unspecified atom stereocenters. The molecular weight excluding hydrogens is 291 g/mol. The van der Waals surface area contributed by atoms with Gasteiger partial charge in [-0.25, -0.2) is 9.78 Å². The number of alkyl halides is 3. The van der Waals surface area contributed by atoms with Crippen LogP contribution in [0.1, 0.15) is 35.6 Å². The number of carboxylic acids is 1. The summed E-state index contributed by atoms with van der Waals surface area (Å²) in [6, 6.07) is -0.890. The van der Waals surface area contributed by atoms with E-state index in [0.717, 1.165) is 6.26 Å². The number of carbonyl (C=O) groups is 1. The maximum absolute atomic E-state index is 12.8. The molecule has 0 amide bonds. The Morgan fingerprint density at radius 2 is 2.24 bits per heavy atom. The molecular formula is C12H14F3N3O3. The highest BCUT2D eigenvalue weighted by Crippen LogP contribution is 2.37. The van der Waals surface area contributed by atoms with Gasteiger partial charge in [0.15, 0.2) is 11.6 Å². The number of amidine groups is 1. The highest BCUT2D eigenvalue weighted by Gasteiger charge is 2.47. The molecule has 2 atom stereocenters. The molecule has 0 fully saturated rings. The molecule has 0 spiro atoms. The van der Waals surface area contributed by atoms with Crippen molar-refractivity contribution in [2.45, 2.75) is 37.9 Å². The number of nitrogens with zero attached hydrogens (tertiary/aromatic N) is 2. The minimum absolute atomic E-state index is 0.0200. The van der Waals surface area contributed by atoms with E-state index in [1.807, 2.05) is 0 Å². The lowest BCUT2D eigenvalue weighted by molar-refractivity contribution is -0.176. The van der Waals surface area contributed by atoms with Crippen LogP contribution in [0.2, 0.25) is 0 Å². The van der Waals surface area contributed by atoms with Crippen molar-refractivity contribution in [3.63, 3.8) is 0 Å². The third kappa shape index (κ3) is 3.73. The molecule has 0 saturated carbocycles. The Labute approximate surface area is 117 Å². The Bertz CT molecular complexity index is 553. The Morgan fingerprint density at radius 1 is 1.52 bits per heavy atom. The van der Waals surface area contributed by atoms with Gasteiger partial charge < -0.3 is 15.3 Å². The van der Waals surface area contributed by atoms with Crippen molar-refractivity contribution < 1.29 is 27.5 Å². The monoisotopic (exact) mass is 305 g/mol. The largest absolute Gasteiger partial charge is 0.476 e. The number of nitrogens with two attached hydrogens (primary N) is 1. The number of carboxylic acid groups (broad SMARTS) is 1. The highest BCUT2D eigenvalue weighted by atomic mass is 19.4. The van der Waals surface area contributed by atoms with Crippen LogP contribution < -0.4 is 5.73 Å². The maximum Gasteiger partial charge on any atom is 0.394 e. The van der Waals surface area contributed by atoms with Crippen molar-refractivity contribution in [1.82, 2.24) is 4.98 Å². The lowest BCUT2D eigenvalue weighted by Crippen LogP contribution is -2.30. The van der Waals surface area contributed by atoms with Gasteiger partial charge in [-0.3, -0.25) is 4.99 Å². The standard InChI is InChI=1S/C12H14F3N3O3/c13-12(14,15)6-4-9(16)17-7(6)2-1-3-10-18-8(5-21-10)11(19)20/h5-7H,1-4H2,(H2,16,17)(H,19,20)/t6-,7+/m0/s1. The second kappa shape index (κ2) is 5.74. The van der Waals surface area contributed by atoms with Crippen LogP contribution in [0.3, 0.4) is 0 Å². The number of oxazole rings is 1. The topological polar surface area (TPSA) is 102 Å². The van der Waals surface area contributed by atoms with Crippen molar-refractivity contribution in [1.29, 1.82) is 0 Å². The minimum Gasteiger partial charge on any atom is -0.476 e. The van der Waals surface area contributed by atoms with Gasteiger partial charge in [0.2, 0.25) is 0 Å². The van der Waals surface area contributed by atoms with Gasteiger partial charge >= 0.3 is 12.1 Å². The lowest BCUT2D eigenvalue weighted by Gasteiger charge is -2.20. The summed E-state index contributed by atoms with van der Waals surface area (Å²) in [5, 5.41) is 8.67. The molecule has 0 aromatic carbocycles. The van der Waals surface area contributed by atoms with E-state index in [2.05, 4.69) is 9.98 Å². The number of rotatable bonds is 5. The highest BCUT2D eigenvalue weighted by molar-refractivity contribution is 5.84. The molecule has 9 heteroatoms. The van der Waals surface area contributed by atoms with Crippen molar-refractivity contribution >= 4 is 11.8 Å². The van der Waals surface area contributed by atoms with E-state index in [9.17, 15) is 18.0 Å². The Morgan fingerprint density at radius 3 is 2.81 bits per heavy atom. The third-order valence-electron chi connectivity index (χ3n) is 3.31. The van der Waals surface area contributed by atoms with Crippen LogP contribution in [0.4, 0.5) is 13.2 Å². The predicted molar refractivity (Wildman–Crippen MR) is 66.0 cm³/mol. The number of aliphatic imine (C=N–C) groups is 1. The molecule has 0 radical (unpaired) electrons. The molecule has 3 N–H and O–H groups in total. The molecule has 1 aromatic rings. The second-order valence-electron chi connectivity index (χ2n) is 4.86. The Hall–Kier alpha value is -2.06. The smallest absolute Gasteiger partial charge is 0.394 e. The first-order valence-electron chi connectivity index (χ1n) is 6.34. The molecule has 6 nitrogen and oxygen atoms in total. The van der Waals surface area contributed by atoms with Gasteiger partial charge in [-0.15, -0.1) is 0 Å². The molecule has 0 saturated heterocycles. The normalized spacial score (nSPS) is 22.3. The number of halogens is 3. The average Bonchev–Trinajstić information content (AvgIpc) is 2.95. The summed E-state index contributed by atoms with van der Waals surface area (Å²) in [6.45, 7) is 0. The number of aromatic carboxylic acids is 1. The van der Waals surface area contributed by atoms with Crippen LogP contribution in [0.25, 0.3) is 0 Å². The summed E-state index contributed by atoms with van der Waals surface area (Å²) in [7, 11) is 0. The molecule has 21 heavy (non-hydrogen) atoms. The molecule has 2 heterocycles. The minimum atomic E-state index is -4.32. The van der Waals surface area contributed by atoms with Gasteiger partial charge in [0.05, 0.1) is 17.8 Å². The van der Waals surface area contributed by atoms with Crippen LogP contribution >= 0.6 is 0 Å². The Kier molecular flexibility index (Phi) is 4.19. The van der Waals surface area contributed by atoms with Crippen LogP contribution in [0, 0.1) is 5.92 Å². The van der Waals surface area contributed by atoms with E-state index in [1.165, 1.54) is 0 Å². The molecule has 2 rings (SSSR count). The fraction of sp³-hybridized carbons (Fsp3) is 0.583. The Balaban J connectivity index is 1.88. The molecule has 116 valence electrons. The second-order valence-corrected chi connectivity index (χ2v) is 4.86. The fourth-order valence-corrected chi connectivity index (χ4v) is 2.30. The molecule has 1 aliphatic heterocycles. The van der Waals surface area contributed by atoms with E-state index in [4.69, 9.17) is 15.3 Å². The molecule has 0 bridgehead atoms. The van der Waals surface area contributed by atoms with Crippen LogP contribution in [-0.4, -0.2) is 34.1 Å². The SMILES string of the molecule is NC1=N[C@H](CCCc2nc(C(=O)O)co2)[C@@H](C(F)(F)F)C1. The fourth-order valence-electron chi connectivity index (χ4n) is 2.30. The zero-order valence-corrected chi connectivity index (χ0v) is 10.9. The van der Waals surface area contributed by atoms with Crippen LogP contribution in [-0.2, 0) is 6.42 Å². The van der Waals surface area contributed by atoms with Crippen molar-refractivity contribution in [2.24, 2.45) is 16.6 Å². The van der Waals surface area contributed by atoms with E-state index >= 15 is 0 Å². The molecule has 1 aliphatic rings. The van der Waals surface area contributed by atoms with Gasteiger partial charge in [-0.1, -0.05) is 0 Å². The number of hydrogen-bond acceptors (Lipinski definition) is 5. The van der Waals surface area contributed by atoms with Crippen molar-refractivity contribution in [2.75, 3.05) is 0 Å². The van der Waals surface area contributed by atoms with Gasteiger partial charge in [0.1, 0.15) is 6.26 Å². The predicted octanol–water partition coefficient (Wildman–Crippen LogP) is 2.00. The van der Waals surface area contributed by atoms with Crippen molar-refractivity contribution in [3.8, 4) is 0 Å². The number of hydrogen-bond donors (Lipinski definition) is 2. The van der Waals surface area contributed by atoms with E-state index in [-0.39, 0.29) is 36.7 Å². The van der Waals surface area contributed by atoms with E-state index in [1.54, 1.807) is 0 Å². The number of aromatic nitrogens is 1. The molecule has 0 aliphatic carbocycles. The zero-order chi connectivity index (χ0) is 15.6. The summed E-state index contributed by atoms with van der Waals surface area (Å²) >= 11 is 0. The summed E-state index contributed by atoms with van der Waals surface area (Å²) in [4.78, 5) is 18.1. The third-order valence-corrected chi connectivity index (χ3v) is 3.31. The molecule has 1 aromatic heterocycles.